The highest BCUT2D eigenvalue weighted by Crippen LogP contribution is 2.12. The summed E-state index contributed by atoms with van der Waals surface area (Å²) in [7, 11) is 0. The first-order valence-corrected chi connectivity index (χ1v) is 8.28. The fraction of sp³-hybridized carbons (Fsp3) is 0.444. The van der Waals surface area contributed by atoms with E-state index in [4.69, 9.17) is 10.00 Å². The number of piperazine rings is 1. The Balaban J connectivity index is 1.85. The van der Waals surface area contributed by atoms with Crippen molar-refractivity contribution in [2.75, 3.05) is 26.2 Å². The van der Waals surface area contributed by atoms with Crippen LogP contribution in [-0.4, -0.2) is 59.6 Å². The average molecular weight is 358 g/mol. The quantitative estimate of drug-likeness (QED) is 0.827. The van der Waals surface area contributed by atoms with Gasteiger partial charge in [0.15, 0.2) is 0 Å². The number of nitriles is 1. The Kier molecular flexibility index (Phi) is 5.82. The molecule has 1 heterocycles. The van der Waals surface area contributed by atoms with Crippen LogP contribution < -0.4 is 5.32 Å². The lowest BCUT2D eigenvalue weighted by atomic mass is 10.1. The number of hydrogen-bond acceptors (Lipinski definition) is 5. The number of nitrogens with zero attached hydrogens (tertiary/aromatic N) is 3. The normalized spacial score (nSPS) is 14.4. The molecule has 0 atom stereocenters. The summed E-state index contributed by atoms with van der Waals surface area (Å²) in [5, 5.41) is 11.1. The Morgan fingerprint density at radius 2 is 1.58 bits per heavy atom. The van der Waals surface area contributed by atoms with Gasteiger partial charge in [0.2, 0.25) is 0 Å². The summed E-state index contributed by atoms with van der Waals surface area (Å²) in [4.78, 5) is 39.3. The van der Waals surface area contributed by atoms with Gasteiger partial charge in [0.05, 0.1) is 11.6 Å². The van der Waals surface area contributed by atoms with E-state index in [2.05, 4.69) is 5.32 Å². The molecule has 2 rings (SSSR count). The minimum absolute atomic E-state index is 0.296. The van der Waals surface area contributed by atoms with Crippen LogP contribution in [0.5, 0.6) is 0 Å². The van der Waals surface area contributed by atoms with Gasteiger partial charge < -0.3 is 14.5 Å². The molecule has 0 saturated carbocycles. The third-order valence-electron chi connectivity index (χ3n) is 3.72. The second-order valence-electron chi connectivity index (χ2n) is 6.90. The van der Waals surface area contributed by atoms with E-state index in [1.54, 1.807) is 20.8 Å². The molecule has 1 N–H and O–H groups in total. The molecule has 0 aromatic heterocycles. The summed E-state index contributed by atoms with van der Waals surface area (Å²) >= 11 is 0. The van der Waals surface area contributed by atoms with E-state index < -0.39 is 23.6 Å². The van der Waals surface area contributed by atoms with Crippen molar-refractivity contribution in [3.63, 3.8) is 0 Å². The maximum absolute atomic E-state index is 12.2. The van der Waals surface area contributed by atoms with Gasteiger partial charge in [-0.2, -0.15) is 5.26 Å². The monoisotopic (exact) mass is 358 g/mol. The van der Waals surface area contributed by atoms with Crippen LogP contribution >= 0.6 is 0 Å². The Morgan fingerprint density at radius 3 is 2.08 bits per heavy atom. The van der Waals surface area contributed by atoms with Crippen LogP contribution in [0.4, 0.5) is 9.59 Å². The average Bonchev–Trinajstić information content (AvgIpc) is 2.60. The van der Waals surface area contributed by atoms with E-state index in [1.165, 1.54) is 34.1 Å². The summed E-state index contributed by atoms with van der Waals surface area (Å²) in [5.41, 5.74) is 0.162. The standard InChI is InChI=1S/C18H22N4O4/c1-18(2,3)26-17(25)22-10-8-21(9-11-22)16(24)20-15(23)14-6-4-13(12-19)5-7-14/h4-7H,8-11H2,1-3H3,(H,20,23,24). The Hall–Kier alpha value is -3.08. The first kappa shape index (κ1) is 19.2. The first-order valence-electron chi connectivity index (χ1n) is 8.28. The highest BCUT2D eigenvalue weighted by Gasteiger charge is 2.28. The fourth-order valence-electron chi connectivity index (χ4n) is 2.36. The van der Waals surface area contributed by atoms with Crippen molar-refractivity contribution in [3.8, 4) is 6.07 Å². The molecule has 1 aliphatic rings. The van der Waals surface area contributed by atoms with E-state index in [1.807, 2.05) is 6.07 Å². The van der Waals surface area contributed by atoms with Crippen molar-refractivity contribution in [2.45, 2.75) is 26.4 Å². The van der Waals surface area contributed by atoms with Crippen molar-refractivity contribution in [1.82, 2.24) is 15.1 Å². The van der Waals surface area contributed by atoms with Crippen molar-refractivity contribution in [3.05, 3.63) is 35.4 Å². The zero-order valence-corrected chi connectivity index (χ0v) is 15.1. The highest BCUT2D eigenvalue weighted by atomic mass is 16.6. The van der Waals surface area contributed by atoms with Crippen LogP contribution in [0.15, 0.2) is 24.3 Å². The van der Waals surface area contributed by atoms with E-state index in [9.17, 15) is 14.4 Å². The van der Waals surface area contributed by atoms with Gasteiger partial charge in [0.1, 0.15) is 5.60 Å². The zero-order chi connectivity index (χ0) is 19.3. The lowest BCUT2D eigenvalue weighted by Gasteiger charge is -2.35. The zero-order valence-electron chi connectivity index (χ0n) is 15.1. The number of carbonyl (C=O) groups is 3. The van der Waals surface area contributed by atoms with Gasteiger partial charge in [-0.15, -0.1) is 0 Å². The van der Waals surface area contributed by atoms with Crippen molar-refractivity contribution >= 4 is 18.0 Å². The third kappa shape index (κ3) is 5.21. The molecule has 4 amide bonds. The largest absolute Gasteiger partial charge is 0.444 e. The van der Waals surface area contributed by atoms with Crippen LogP contribution in [0.25, 0.3) is 0 Å². The van der Waals surface area contributed by atoms with Crippen LogP contribution in [0, 0.1) is 11.3 Å². The number of urea groups is 1. The fourth-order valence-corrected chi connectivity index (χ4v) is 2.36. The summed E-state index contributed by atoms with van der Waals surface area (Å²) in [6.07, 6.45) is -0.411. The minimum Gasteiger partial charge on any atom is -0.444 e. The van der Waals surface area contributed by atoms with Crippen LogP contribution in [0.1, 0.15) is 36.7 Å². The summed E-state index contributed by atoms with van der Waals surface area (Å²) < 4.78 is 5.31. The molecule has 1 aromatic carbocycles. The molecule has 26 heavy (non-hydrogen) atoms. The number of carbonyl (C=O) groups excluding carboxylic acids is 3. The lowest BCUT2D eigenvalue weighted by Crippen LogP contribution is -2.54. The molecule has 138 valence electrons. The Bertz CT molecular complexity index is 723. The van der Waals surface area contributed by atoms with Gasteiger partial charge in [-0.3, -0.25) is 10.1 Å². The molecule has 0 bridgehead atoms. The predicted octanol–water partition coefficient (Wildman–Crippen LogP) is 1.96. The van der Waals surface area contributed by atoms with Crippen molar-refractivity contribution in [1.29, 1.82) is 5.26 Å². The van der Waals surface area contributed by atoms with Gasteiger partial charge in [-0.1, -0.05) is 0 Å². The minimum atomic E-state index is -0.570. The molecule has 8 heteroatoms. The maximum Gasteiger partial charge on any atom is 0.410 e. The lowest BCUT2D eigenvalue weighted by molar-refractivity contribution is 0.0169. The number of benzene rings is 1. The maximum atomic E-state index is 12.2. The van der Waals surface area contributed by atoms with Crippen LogP contribution in [0.2, 0.25) is 0 Å². The molecule has 1 aliphatic heterocycles. The topological polar surface area (TPSA) is 103 Å². The molecular formula is C18H22N4O4. The van der Waals surface area contributed by atoms with Crippen LogP contribution in [0.3, 0.4) is 0 Å². The number of imide groups is 1. The highest BCUT2D eigenvalue weighted by molar-refractivity contribution is 6.04. The second kappa shape index (κ2) is 7.87. The Morgan fingerprint density at radius 1 is 1.04 bits per heavy atom. The molecular weight excluding hydrogens is 336 g/mol. The van der Waals surface area contributed by atoms with Gasteiger partial charge in [-0.25, -0.2) is 9.59 Å². The smallest absolute Gasteiger partial charge is 0.410 e. The SMILES string of the molecule is CC(C)(C)OC(=O)N1CCN(C(=O)NC(=O)c2ccc(C#N)cc2)CC1. The molecule has 0 unspecified atom stereocenters. The van der Waals surface area contributed by atoms with Crippen molar-refractivity contribution < 1.29 is 19.1 Å². The van der Waals surface area contributed by atoms with Gasteiger partial charge in [-0.05, 0) is 45.0 Å². The molecule has 1 saturated heterocycles. The van der Waals surface area contributed by atoms with E-state index in [-0.39, 0.29) is 0 Å². The number of rotatable bonds is 1. The number of ether oxygens (including phenoxy) is 1. The van der Waals surface area contributed by atoms with Gasteiger partial charge in [0.25, 0.3) is 5.91 Å². The summed E-state index contributed by atoms with van der Waals surface area (Å²) in [6, 6.07) is 7.45. The molecule has 8 nitrogen and oxygen atoms in total. The van der Waals surface area contributed by atoms with Crippen LogP contribution in [-0.2, 0) is 4.74 Å². The molecule has 0 spiro atoms. The van der Waals surface area contributed by atoms with E-state index in [0.717, 1.165) is 0 Å². The number of amides is 4. The Labute approximate surface area is 152 Å². The summed E-state index contributed by atoms with van der Waals surface area (Å²) in [5.74, 6) is -0.533. The van der Waals surface area contributed by atoms with Gasteiger partial charge in [0, 0.05) is 31.7 Å². The second-order valence-corrected chi connectivity index (χ2v) is 6.90. The molecule has 0 radical (unpaired) electrons. The number of hydrogen-bond donors (Lipinski definition) is 1. The third-order valence-corrected chi connectivity index (χ3v) is 3.72. The van der Waals surface area contributed by atoms with E-state index >= 15 is 0 Å². The van der Waals surface area contributed by atoms with Crippen molar-refractivity contribution in [2.24, 2.45) is 0 Å². The van der Waals surface area contributed by atoms with E-state index in [0.29, 0.717) is 37.3 Å². The first-order chi connectivity index (χ1) is 12.2. The molecule has 0 aliphatic carbocycles. The molecule has 1 fully saturated rings. The predicted molar refractivity (Wildman–Crippen MR) is 93.4 cm³/mol. The van der Waals surface area contributed by atoms with Gasteiger partial charge >= 0.3 is 12.1 Å². The molecule has 1 aromatic rings. The summed E-state index contributed by atoms with van der Waals surface area (Å²) in [6.45, 7) is 6.69. The number of nitrogens with one attached hydrogen (secondary N) is 1.